The Morgan fingerprint density at radius 1 is 1.29 bits per heavy atom. The van der Waals surface area contributed by atoms with Crippen LogP contribution in [0.1, 0.15) is 46.1 Å². The van der Waals surface area contributed by atoms with Gasteiger partial charge in [0.2, 0.25) is 0 Å². The third-order valence-electron chi connectivity index (χ3n) is 6.06. The molecule has 0 bridgehead atoms. The van der Waals surface area contributed by atoms with Gasteiger partial charge in [-0.3, -0.25) is 14.6 Å². The first-order valence-electron chi connectivity index (χ1n) is 11.0. The topological polar surface area (TPSA) is 97.7 Å². The first-order chi connectivity index (χ1) is 16.4. The number of ether oxygens (including phenoxy) is 1. The fourth-order valence-corrected chi connectivity index (χ4v) is 4.24. The summed E-state index contributed by atoms with van der Waals surface area (Å²) in [6.45, 7) is -0.720. The smallest absolute Gasteiger partial charge is 0.255 e. The van der Waals surface area contributed by atoms with E-state index < -0.39 is 18.9 Å². The van der Waals surface area contributed by atoms with Crippen LogP contribution in [-0.4, -0.2) is 50.9 Å². The molecule has 0 saturated heterocycles. The summed E-state index contributed by atoms with van der Waals surface area (Å²) in [4.78, 5) is 17.0. The maximum absolute atomic E-state index is 12.4. The molecule has 2 N–H and O–H groups in total. The third kappa shape index (κ3) is 4.23. The van der Waals surface area contributed by atoms with Crippen LogP contribution in [0.5, 0.6) is 5.75 Å². The van der Waals surface area contributed by atoms with Crippen molar-refractivity contribution in [2.45, 2.75) is 31.6 Å². The number of aryl methyl sites for hydroxylation is 1. The third-order valence-corrected chi connectivity index (χ3v) is 6.06. The highest BCUT2D eigenvalue weighted by Crippen LogP contribution is 2.45. The van der Waals surface area contributed by atoms with Gasteiger partial charge in [-0.15, -0.1) is 0 Å². The SMILES string of the molecule is COc1cc(-c2nc(Cc3ccc4[nH]ncc4c3C3CC3)n(C)n2)ccc1C(=O)NCC(F)F. The molecule has 1 fully saturated rings. The molecule has 10 heteroatoms. The molecule has 5 rings (SSSR count). The molecule has 0 aliphatic heterocycles. The minimum atomic E-state index is -2.62. The highest BCUT2D eigenvalue weighted by molar-refractivity contribution is 5.97. The first kappa shape index (κ1) is 22.0. The number of rotatable bonds is 8. The number of carbonyl (C=O) groups is 1. The Morgan fingerprint density at radius 2 is 2.12 bits per heavy atom. The standard InChI is InChI=1S/C24H24F2N6O2/c1-32-21(10-14-6-8-18-17(11-28-30-18)22(14)13-3-4-13)29-23(31-32)15-5-7-16(19(9-15)34-2)24(33)27-12-20(25)26/h5-9,11,13,20H,3-4,10,12H2,1-2H3,(H,27,33)(H,28,30). The highest BCUT2D eigenvalue weighted by atomic mass is 19.3. The lowest BCUT2D eigenvalue weighted by molar-refractivity contribution is 0.0889. The van der Waals surface area contributed by atoms with Crippen molar-refractivity contribution in [1.29, 1.82) is 0 Å². The number of nitrogens with one attached hydrogen (secondary N) is 2. The molecular weight excluding hydrogens is 442 g/mol. The summed E-state index contributed by atoms with van der Waals surface area (Å²) in [6, 6.07) is 9.03. The molecule has 1 amide bonds. The summed E-state index contributed by atoms with van der Waals surface area (Å²) >= 11 is 0. The number of benzene rings is 2. The van der Waals surface area contributed by atoms with E-state index >= 15 is 0 Å². The number of aromatic amines is 1. The van der Waals surface area contributed by atoms with Gasteiger partial charge in [-0.05, 0) is 48.1 Å². The molecule has 1 saturated carbocycles. The predicted molar refractivity (Wildman–Crippen MR) is 122 cm³/mol. The van der Waals surface area contributed by atoms with Crippen molar-refractivity contribution in [3.63, 3.8) is 0 Å². The zero-order valence-electron chi connectivity index (χ0n) is 18.8. The second-order valence-electron chi connectivity index (χ2n) is 8.41. The molecule has 0 spiro atoms. The second-order valence-corrected chi connectivity index (χ2v) is 8.41. The quantitative estimate of drug-likeness (QED) is 0.411. The van der Waals surface area contributed by atoms with Crippen LogP contribution < -0.4 is 10.1 Å². The normalized spacial score (nSPS) is 13.6. The van der Waals surface area contributed by atoms with Gasteiger partial charge in [0.05, 0.1) is 30.9 Å². The van der Waals surface area contributed by atoms with E-state index in [0.717, 1.165) is 16.7 Å². The fourth-order valence-electron chi connectivity index (χ4n) is 4.24. The molecule has 1 aliphatic rings. The lowest BCUT2D eigenvalue weighted by Crippen LogP contribution is -2.28. The molecule has 2 aromatic carbocycles. The van der Waals surface area contributed by atoms with E-state index in [1.807, 2.05) is 19.3 Å². The van der Waals surface area contributed by atoms with Gasteiger partial charge in [-0.25, -0.2) is 13.8 Å². The van der Waals surface area contributed by atoms with E-state index in [2.05, 4.69) is 26.7 Å². The number of methoxy groups -OCH3 is 1. The van der Waals surface area contributed by atoms with E-state index in [1.165, 1.54) is 37.1 Å². The largest absolute Gasteiger partial charge is 0.496 e. The minimum absolute atomic E-state index is 0.172. The number of H-pyrrole nitrogens is 1. The van der Waals surface area contributed by atoms with Gasteiger partial charge in [0.25, 0.3) is 12.3 Å². The Bertz CT molecular complexity index is 1360. The summed E-state index contributed by atoms with van der Waals surface area (Å²) in [5.41, 5.74) is 4.41. The Labute approximate surface area is 194 Å². The Kier molecular flexibility index (Phi) is 5.72. The van der Waals surface area contributed by atoms with Gasteiger partial charge >= 0.3 is 0 Å². The predicted octanol–water partition coefficient (Wildman–Crippen LogP) is 3.83. The maximum Gasteiger partial charge on any atom is 0.255 e. The van der Waals surface area contributed by atoms with Gasteiger partial charge in [0.1, 0.15) is 11.6 Å². The highest BCUT2D eigenvalue weighted by Gasteiger charge is 2.29. The Morgan fingerprint density at radius 3 is 2.85 bits per heavy atom. The van der Waals surface area contributed by atoms with Crippen molar-refractivity contribution in [2.24, 2.45) is 7.05 Å². The summed E-state index contributed by atoms with van der Waals surface area (Å²) in [7, 11) is 3.27. The van der Waals surface area contributed by atoms with Gasteiger partial charge < -0.3 is 10.1 Å². The number of aromatic nitrogens is 5. The summed E-state index contributed by atoms with van der Waals surface area (Å²) < 4.78 is 32.0. The van der Waals surface area contributed by atoms with Crippen molar-refractivity contribution in [3.8, 4) is 17.1 Å². The minimum Gasteiger partial charge on any atom is -0.496 e. The van der Waals surface area contributed by atoms with Crippen LogP contribution in [0.15, 0.2) is 36.5 Å². The van der Waals surface area contributed by atoms with Crippen molar-refractivity contribution >= 4 is 16.8 Å². The molecule has 1 aliphatic carbocycles. The van der Waals surface area contributed by atoms with Crippen LogP contribution in [0.25, 0.3) is 22.3 Å². The molecule has 2 aromatic heterocycles. The molecule has 176 valence electrons. The van der Waals surface area contributed by atoms with Crippen LogP contribution in [0.3, 0.4) is 0 Å². The molecule has 0 radical (unpaired) electrons. The summed E-state index contributed by atoms with van der Waals surface area (Å²) in [5, 5.41) is 15.2. The van der Waals surface area contributed by atoms with E-state index in [4.69, 9.17) is 9.72 Å². The number of alkyl halides is 2. The van der Waals surface area contributed by atoms with Crippen LogP contribution in [-0.2, 0) is 13.5 Å². The zero-order chi connectivity index (χ0) is 23.8. The molecule has 0 atom stereocenters. The zero-order valence-corrected chi connectivity index (χ0v) is 18.8. The molecule has 8 nitrogen and oxygen atoms in total. The summed E-state index contributed by atoms with van der Waals surface area (Å²) in [5.74, 6) is 1.49. The van der Waals surface area contributed by atoms with Crippen LogP contribution in [0.2, 0.25) is 0 Å². The average molecular weight is 466 g/mol. The van der Waals surface area contributed by atoms with E-state index in [0.29, 0.717) is 23.7 Å². The van der Waals surface area contributed by atoms with E-state index in [-0.39, 0.29) is 11.3 Å². The number of amides is 1. The van der Waals surface area contributed by atoms with Gasteiger partial charge in [-0.2, -0.15) is 10.2 Å². The monoisotopic (exact) mass is 466 g/mol. The van der Waals surface area contributed by atoms with Crippen LogP contribution in [0.4, 0.5) is 8.78 Å². The van der Waals surface area contributed by atoms with E-state index in [1.54, 1.807) is 16.8 Å². The van der Waals surface area contributed by atoms with Gasteiger partial charge in [-0.1, -0.05) is 12.1 Å². The van der Waals surface area contributed by atoms with Crippen molar-refractivity contribution in [2.75, 3.05) is 13.7 Å². The molecule has 0 unspecified atom stereocenters. The number of fused-ring (bicyclic) bond motifs is 1. The van der Waals surface area contributed by atoms with Gasteiger partial charge in [0, 0.05) is 24.4 Å². The van der Waals surface area contributed by atoms with Crippen molar-refractivity contribution in [3.05, 3.63) is 59.0 Å². The number of halogens is 2. The fraction of sp³-hybridized carbons (Fsp3) is 0.333. The number of carbonyl (C=O) groups excluding carboxylic acids is 1. The molecule has 34 heavy (non-hydrogen) atoms. The molecule has 4 aromatic rings. The number of nitrogens with zero attached hydrogens (tertiary/aromatic N) is 4. The lowest BCUT2D eigenvalue weighted by Gasteiger charge is -2.10. The molecular formula is C24H24F2N6O2. The van der Waals surface area contributed by atoms with Crippen molar-refractivity contribution in [1.82, 2.24) is 30.3 Å². The number of hydrogen-bond acceptors (Lipinski definition) is 5. The van der Waals surface area contributed by atoms with Gasteiger partial charge in [0.15, 0.2) is 5.82 Å². The number of hydrogen-bond donors (Lipinski definition) is 2. The Hall–Kier alpha value is -3.82. The second kappa shape index (κ2) is 8.85. The van der Waals surface area contributed by atoms with Crippen LogP contribution in [0, 0.1) is 0 Å². The first-order valence-corrected chi connectivity index (χ1v) is 11.0. The summed E-state index contributed by atoms with van der Waals surface area (Å²) in [6.07, 6.45) is 2.25. The molecule has 2 heterocycles. The van der Waals surface area contributed by atoms with E-state index in [9.17, 15) is 13.6 Å². The maximum atomic E-state index is 12.4. The lowest BCUT2D eigenvalue weighted by atomic mass is 9.96. The van der Waals surface area contributed by atoms with Crippen LogP contribution >= 0.6 is 0 Å². The Balaban J connectivity index is 1.43. The average Bonchev–Trinajstić information content (AvgIpc) is 3.44. The van der Waals surface area contributed by atoms with Crippen molar-refractivity contribution < 1.29 is 18.3 Å².